The second kappa shape index (κ2) is 6.78. The summed E-state index contributed by atoms with van der Waals surface area (Å²) in [6.45, 7) is 15.7. The molecular formula is C18H31N3. The fourth-order valence-corrected chi connectivity index (χ4v) is 3.07. The third-order valence-corrected chi connectivity index (χ3v) is 4.49. The first kappa shape index (κ1) is 16.3. The van der Waals surface area contributed by atoms with Crippen LogP contribution in [-0.2, 0) is 6.54 Å². The van der Waals surface area contributed by atoms with Gasteiger partial charge in [0.05, 0.1) is 0 Å². The van der Waals surface area contributed by atoms with Crippen molar-refractivity contribution in [3.8, 4) is 0 Å². The molecule has 1 aliphatic rings. The molecule has 0 bridgehead atoms. The molecule has 1 aromatic heterocycles. The van der Waals surface area contributed by atoms with E-state index in [1.54, 1.807) is 0 Å². The van der Waals surface area contributed by atoms with E-state index in [9.17, 15) is 0 Å². The van der Waals surface area contributed by atoms with Crippen LogP contribution in [0.3, 0.4) is 0 Å². The number of rotatable bonds is 5. The molecule has 1 aromatic rings. The van der Waals surface area contributed by atoms with Crippen molar-refractivity contribution < 1.29 is 0 Å². The molecule has 0 aliphatic carbocycles. The van der Waals surface area contributed by atoms with E-state index in [1.807, 2.05) is 0 Å². The number of aromatic nitrogens is 1. The van der Waals surface area contributed by atoms with Gasteiger partial charge in [0.2, 0.25) is 0 Å². The summed E-state index contributed by atoms with van der Waals surface area (Å²) >= 11 is 0. The molecule has 0 radical (unpaired) electrons. The lowest BCUT2D eigenvalue weighted by Crippen LogP contribution is -2.26. The second-order valence-corrected chi connectivity index (χ2v) is 7.45. The van der Waals surface area contributed by atoms with Gasteiger partial charge >= 0.3 is 0 Å². The zero-order chi connectivity index (χ0) is 15.5. The fraction of sp³-hybridized carbons (Fsp3) is 0.722. The molecule has 118 valence electrons. The minimum absolute atomic E-state index is 0.393. The first-order valence-corrected chi connectivity index (χ1v) is 8.33. The predicted octanol–water partition coefficient (Wildman–Crippen LogP) is 3.76. The molecule has 1 N–H and O–H groups in total. The number of pyridine rings is 1. The number of hydrogen-bond acceptors (Lipinski definition) is 3. The van der Waals surface area contributed by atoms with Crippen LogP contribution in [0.2, 0.25) is 0 Å². The third kappa shape index (κ3) is 4.44. The maximum Gasteiger partial charge on any atom is 0.129 e. The molecule has 0 aromatic carbocycles. The molecule has 2 rings (SSSR count). The Kier molecular flexibility index (Phi) is 5.26. The number of aryl methyl sites for hydroxylation is 1. The normalized spacial score (nSPS) is 19.3. The Bertz CT molecular complexity index is 462. The van der Waals surface area contributed by atoms with Gasteiger partial charge < -0.3 is 10.2 Å². The smallest absolute Gasteiger partial charge is 0.129 e. The summed E-state index contributed by atoms with van der Waals surface area (Å²) < 4.78 is 0. The fourth-order valence-electron chi connectivity index (χ4n) is 3.07. The summed E-state index contributed by atoms with van der Waals surface area (Å²) in [5, 5.41) is 3.48. The molecule has 0 spiro atoms. The highest BCUT2D eigenvalue weighted by Gasteiger charge is 2.32. The Labute approximate surface area is 130 Å². The van der Waals surface area contributed by atoms with Crippen LogP contribution >= 0.6 is 0 Å². The van der Waals surface area contributed by atoms with E-state index in [2.05, 4.69) is 57.0 Å². The third-order valence-electron chi connectivity index (χ3n) is 4.49. The van der Waals surface area contributed by atoms with Crippen molar-refractivity contribution in [1.82, 2.24) is 10.3 Å². The maximum atomic E-state index is 4.76. The van der Waals surface area contributed by atoms with Crippen LogP contribution in [0.25, 0.3) is 0 Å². The molecule has 3 nitrogen and oxygen atoms in total. The Morgan fingerprint density at radius 3 is 2.71 bits per heavy atom. The summed E-state index contributed by atoms with van der Waals surface area (Å²) in [6.07, 6.45) is 2.46. The molecule has 1 unspecified atom stereocenters. The topological polar surface area (TPSA) is 28.2 Å². The minimum Gasteiger partial charge on any atom is -0.356 e. The van der Waals surface area contributed by atoms with Crippen LogP contribution in [0.1, 0.15) is 51.8 Å². The lowest BCUT2D eigenvalue weighted by atomic mass is 9.80. The predicted molar refractivity (Wildman–Crippen MR) is 90.7 cm³/mol. The summed E-state index contributed by atoms with van der Waals surface area (Å²) in [4.78, 5) is 7.22. The summed E-state index contributed by atoms with van der Waals surface area (Å²) in [6, 6.07) is 4.46. The maximum absolute atomic E-state index is 4.76. The Hall–Kier alpha value is -1.09. The van der Waals surface area contributed by atoms with Gasteiger partial charge in [-0.15, -0.1) is 0 Å². The van der Waals surface area contributed by atoms with Crippen molar-refractivity contribution in [3.63, 3.8) is 0 Å². The van der Waals surface area contributed by atoms with Gasteiger partial charge in [-0.05, 0) is 55.3 Å². The first-order chi connectivity index (χ1) is 9.90. The van der Waals surface area contributed by atoms with Crippen molar-refractivity contribution in [2.75, 3.05) is 24.5 Å². The molecule has 2 heterocycles. The largest absolute Gasteiger partial charge is 0.356 e. The molecule has 0 amide bonds. The highest BCUT2D eigenvalue weighted by atomic mass is 15.2. The SMILES string of the molecule is CCCNCc1cc(C)nc(N2CCC(C(C)(C)C)C2)c1. The zero-order valence-corrected chi connectivity index (χ0v) is 14.4. The van der Waals surface area contributed by atoms with Crippen LogP contribution in [0.5, 0.6) is 0 Å². The van der Waals surface area contributed by atoms with E-state index in [4.69, 9.17) is 4.98 Å². The molecule has 1 atom stereocenters. The van der Waals surface area contributed by atoms with Crippen LogP contribution in [0, 0.1) is 18.3 Å². The molecule has 21 heavy (non-hydrogen) atoms. The van der Waals surface area contributed by atoms with Crippen LogP contribution in [0.15, 0.2) is 12.1 Å². The highest BCUT2D eigenvalue weighted by molar-refractivity contribution is 5.44. The number of nitrogens with zero attached hydrogens (tertiary/aromatic N) is 2. The molecule has 0 saturated carbocycles. The van der Waals surface area contributed by atoms with Gasteiger partial charge in [0, 0.05) is 25.3 Å². The average molecular weight is 289 g/mol. The van der Waals surface area contributed by atoms with Gasteiger partial charge in [0.25, 0.3) is 0 Å². The molecule has 3 heteroatoms. The van der Waals surface area contributed by atoms with E-state index in [0.29, 0.717) is 5.41 Å². The van der Waals surface area contributed by atoms with Gasteiger partial charge in [-0.1, -0.05) is 27.7 Å². The molecule has 1 saturated heterocycles. The van der Waals surface area contributed by atoms with Gasteiger partial charge in [0.1, 0.15) is 5.82 Å². The lowest BCUT2D eigenvalue weighted by molar-refractivity contribution is 0.263. The Morgan fingerprint density at radius 2 is 2.10 bits per heavy atom. The van der Waals surface area contributed by atoms with E-state index >= 15 is 0 Å². The summed E-state index contributed by atoms with van der Waals surface area (Å²) in [5.41, 5.74) is 2.87. The first-order valence-electron chi connectivity index (χ1n) is 8.33. The van der Waals surface area contributed by atoms with Crippen LogP contribution < -0.4 is 10.2 Å². The van der Waals surface area contributed by atoms with E-state index < -0.39 is 0 Å². The van der Waals surface area contributed by atoms with Crippen molar-refractivity contribution in [3.05, 3.63) is 23.4 Å². The van der Waals surface area contributed by atoms with Gasteiger partial charge in [-0.25, -0.2) is 4.98 Å². The molecule has 1 aliphatic heterocycles. The van der Waals surface area contributed by atoms with Crippen molar-refractivity contribution in [2.45, 2.75) is 54.0 Å². The van der Waals surface area contributed by atoms with E-state index in [1.165, 1.54) is 18.4 Å². The molecular weight excluding hydrogens is 258 g/mol. The van der Waals surface area contributed by atoms with Crippen molar-refractivity contribution in [1.29, 1.82) is 0 Å². The monoisotopic (exact) mass is 289 g/mol. The summed E-state index contributed by atoms with van der Waals surface area (Å²) in [5.74, 6) is 1.93. The van der Waals surface area contributed by atoms with Gasteiger partial charge in [-0.3, -0.25) is 0 Å². The highest BCUT2D eigenvalue weighted by Crippen LogP contribution is 2.35. The van der Waals surface area contributed by atoms with Crippen LogP contribution in [0.4, 0.5) is 5.82 Å². The Balaban J connectivity index is 2.06. The second-order valence-electron chi connectivity index (χ2n) is 7.45. The quantitative estimate of drug-likeness (QED) is 0.837. The van der Waals surface area contributed by atoms with Gasteiger partial charge in [0.15, 0.2) is 0 Å². The minimum atomic E-state index is 0.393. The van der Waals surface area contributed by atoms with Crippen molar-refractivity contribution >= 4 is 5.82 Å². The summed E-state index contributed by atoms with van der Waals surface area (Å²) in [7, 11) is 0. The lowest BCUT2D eigenvalue weighted by Gasteiger charge is -2.27. The van der Waals surface area contributed by atoms with E-state index in [-0.39, 0.29) is 0 Å². The van der Waals surface area contributed by atoms with Gasteiger partial charge in [-0.2, -0.15) is 0 Å². The van der Waals surface area contributed by atoms with E-state index in [0.717, 1.165) is 43.6 Å². The zero-order valence-electron chi connectivity index (χ0n) is 14.4. The number of hydrogen-bond donors (Lipinski definition) is 1. The Morgan fingerprint density at radius 1 is 1.33 bits per heavy atom. The number of nitrogens with one attached hydrogen (secondary N) is 1. The molecule has 1 fully saturated rings. The van der Waals surface area contributed by atoms with Crippen molar-refractivity contribution in [2.24, 2.45) is 11.3 Å². The standard InChI is InChI=1S/C18H31N3/c1-6-8-19-12-15-10-14(2)20-17(11-15)21-9-7-16(13-21)18(3,4)5/h10-11,16,19H,6-9,12-13H2,1-5H3. The average Bonchev–Trinajstić information content (AvgIpc) is 2.88. The van der Waals surface area contributed by atoms with Crippen LogP contribution in [-0.4, -0.2) is 24.6 Å². The number of anilines is 1.